The quantitative estimate of drug-likeness (QED) is 0.552. The molecule has 5 nitrogen and oxygen atoms in total. The number of amides is 1. The monoisotopic (exact) mass is 444 g/mol. The Morgan fingerprint density at radius 2 is 2.07 bits per heavy atom. The number of nitrogens with zero attached hydrogens (tertiary/aromatic N) is 2. The molecule has 150 valence electrons. The molecule has 1 aromatic carbocycles. The lowest BCUT2D eigenvalue weighted by molar-refractivity contribution is -0.122. The van der Waals surface area contributed by atoms with Gasteiger partial charge in [0.15, 0.2) is 0 Å². The second-order valence-electron chi connectivity index (χ2n) is 7.45. The maximum atomic E-state index is 11.5. The van der Waals surface area contributed by atoms with Crippen molar-refractivity contribution in [2.45, 2.75) is 48.8 Å². The number of thioether (sulfide) groups is 1. The molecule has 1 aliphatic heterocycles. The Kier molecular flexibility index (Phi) is 5.37. The van der Waals surface area contributed by atoms with Crippen LogP contribution in [0.25, 0.3) is 10.2 Å². The fourth-order valence-corrected chi connectivity index (χ4v) is 6.10. The van der Waals surface area contributed by atoms with E-state index in [0.29, 0.717) is 18.7 Å². The zero-order valence-electron chi connectivity index (χ0n) is 15.8. The molecule has 29 heavy (non-hydrogen) atoms. The Morgan fingerprint density at radius 3 is 2.86 bits per heavy atom. The second-order valence-corrected chi connectivity index (χ2v) is 10.0. The topological polar surface area (TPSA) is 66.9 Å². The standard InChI is InChI=1S/C21H21ClN4OS2/c22-12-4-7-14(8-5-12)28-11-17-25-20(24-13-6-9-18(27)23-10-13)19-15-2-1-3-16(15)29-21(19)26-17/h4-5,7-8,13H,1-3,6,9-11H2,(H,23,27)(H,24,25,26). The summed E-state index contributed by atoms with van der Waals surface area (Å²) in [4.78, 5) is 25.0. The summed E-state index contributed by atoms with van der Waals surface area (Å²) >= 11 is 9.51. The molecule has 0 radical (unpaired) electrons. The maximum Gasteiger partial charge on any atom is 0.220 e. The van der Waals surface area contributed by atoms with Gasteiger partial charge in [0.2, 0.25) is 5.91 Å². The zero-order valence-corrected chi connectivity index (χ0v) is 18.2. The van der Waals surface area contributed by atoms with Crippen LogP contribution in [0.4, 0.5) is 5.82 Å². The molecule has 2 aromatic heterocycles. The van der Waals surface area contributed by atoms with Crippen molar-refractivity contribution in [2.24, 2.45) is 0 Å². The molecule has 2 N–H and O–H groups in total. The number of carbonyl (C=O) groups is 1. The van der Waals surface area contributed by atoms with E-state index in [0.717, 1.165) is 45.7 Å². The Bertz CT molecular complexity index is 1060. The van der Waals surface area contributed by atoms with Gasteiger partial charge in [-0.05, 0) is 55.5 Å². The highest BCUT2D eigenvalue weighted by Crippen LogP contribution is 2.40. The highest BCUT2D eigenvalue weighted by atomic mass is 35.5. The molecule has 1 fully saturated rings. The predicted molar refractivity (Wildman–Crippen MR) is 120 cm³/mol. The van der Waals surface area contributed by atoms with Crippen molar-refractivity contribution in [1.82, 2.24) is 15.3 Å². The number of anilines is 1. The zero-order chi connectivity index (χ0) is 19.8. The summed E-state index contributed by atoms with van der Waals surface area (Å²) in [6, 6.07) is 8.06. The normalized spacial score (nSPS) is 18.7. The average molecular weight is 445 g/mol. The number of carbonyl (C=O) groups excluding carboxylic acids is 1. The van der Waals surface area contributed by atoms with Gasteiger partial charge in [-0.3, -0.25) is 4.79 Å². The van der Waals surface area contributed by atoms with Gasteiger partial charge >= 0.3 is 0 Å². The predicted octanol–water partition coefficient (Wildman–Crippen LogP) is 4.82. The lowest BCUT2D eigenvalue weighted by atomic mass is 10.1. The molecule has 0 saturated carbocycles. The van der Waals surface area contributed by atoms with Crippen molar-refractivity contribution in [3.05, 3.63) is 45.6 Å². The number of aryl methyl sites for hydroxylation is 2. The van der Waals surface area contributed by atoms with Gasteiger partial charge in [-0.2, -0.15) is 0 Å². The van der Waals surface area contributed by atoms with Crippen molar-refractivity contribution in [3.8, 4) is 0 Å². The van der Waals surface area contributed by atoms with Gasteiger partial charge < -0.3 is 10.6 Å². The summed E-state index contributed by atoms with van der Waals surface area (Å²) < 4.78 is 0. The highest BCUT2D eigenvalue weighted by molar-refractivity contribution is 7.98. The van der Waals surface area contributed by atoms with E-state index in [2.05, 4.69) is 10.6 Å². The van der Waals surface area contributed by atoms with Crippen molar-refractivity contribution in [3.63, 3.8) is 0 Å². The number of hydrogen-bond acceptors (Lipinski definition) is 6. The first-order valence-corrected chi connectivity index (χ1v) is 12.1. The average Bonchev–Trinajstić information content (AvgIpc) is 3.30. The van der Waals surface area contributed by atoms with E-state index in [1.165, 1.54) is 22.2 Å². The van der Waals surface area contributed by atoms with E-state index < -0.39 is 0 Å². The van der Waals surface area contributed by atoms with Gasteiger partial charge in [0.25, 0.3) is 0 Å². The lowest BCUT2D eigenvalue weighted by Crippen LogP contribution is -2.42. The van der Waals surface area contributed by atoms with Crippen molar-refractivity contribution >= 4 is 56.6 Å². The highest BCUT2D eigenvalue weighted by Gasteiger charge is 2.25. The minimum Gasteiger partial charge on any atom is -0.365 e. The molecule has 1 saturated heterocycles. The second kappa shape index (κ2) is 8.13. The van der Waals surface area contributed by atoms with Gasteiger partial charge in [-0.15, -0.1) is 23.1 Å². The molecule has 8 heteroatoms. The molecule has 1 unspecified atom stereocenters. The third-order valence-electron chi connectivity index (χ3n) is 5.40. The summed E-state index contributed by atoms with van der Waals surface area (Å²) in [6.45, 7) is 0.644. The van der Waals surface area contributed by atoms with Crippen LogP contribution in [0.5, 0.6) is 0 Å². The Hall–Kier alpha value is -1.83. The first-order valence-electron chi connectivity index (χ1n) is 9.88. The number of fused-ring (bicyclic) bond motifs is 3. The van der Waals surface area contributed by atoms with Gasteiger partial charge in [0.1, 0.15) is 16.5 Å². The van der Waals surface area contributed by atoms with E-state index in [4.69, 9.17) is 21.6 Å². The minimum atomic E-state index is 0.132. The Labute approximate surface area is 182 Å². The summed E-state index contributed by atoms with van der Waals surface area (Å²) in [5, 5.41) is 8.51. The number of rotatable bonds is 5. The number of halogens is 1. The Morgan fingerprint density at radius 1 is 1.21 bits per heavy atom. The number of hydrogen-bond donors (Lipinski definition) is 2. The van der Waals surface area contributed by atoms with Gasteiger partial charge in [-0.1, -0.05) is 11.6 Å². The number of benzene rings is 1. The number of piperidine rings is 1. The van der Waals surface area contributed by atoms with Crippen LogP contribution < -0.4 is 10.6 Å². The Balaban J connectivity index is 1.44. The number of nitrogens with one attached hydrogen (secondary N) is 2. The first kappa shape index (κ1) is 19.2. The van der Waals surface area contributed by atoms with Gasteiger partial charge in [0.05, 0.1) is 11.1 Å². The number of aromatic nitrogens is 2. The van der Waals surface area contributed by atoms with Crippen LogP contribution in [0, 0.1) is 0 Å². The van der Waals surface area contributed by atoms with Crippen LogP contribution in [0.1, 0.15) is 35.5 Å². The smallest absolute Gasteiger partial charge is 0.220 e. The fraction of sp³-hybridized carbons (Fsp3) is 0.381. The fourth-order valence-electron chi connectivity index (χ4n) is 3.94. The molecule has 1 atom stereocenters. The third kappa shape index (κ3) is 4.09. The van der Waals surface area contributed by atoms with Crippen LogP contribution in [0.15, 0.2) is 29.2 Å². The molecule has 3 heterocycles. The van der Waals surface area contributed by atoms with Crippen molar-refractivity contribution < 1.29 is 4.79 Å². The molecule has 1 aliphatic carbocycles. The maximum absolute atomic E-state index is 11.5. The molecule has 2 aliphatic rings. The van der Waals surface area contributed by atoms with E-state index >= 15 is 0 Å². The molecule has 1 amide bonds. The third-order valence-corrected chi connectivity index (χ3v) is 7.84. The van der Waals surface area contributed by atoms with E-state index in [-0.39, 0.29) is 11.9 Å². The van der Waals surface area contributed by atoms with Crippen LogP contribution in [-0.2, 0) is 23.4 Å². The summed E-state index contributed by atoms with van der Waals surface area (Å²) in [7, 11) is 0. The van der Waals surface area contributed by atoms with Crippen LogP contribution in [0.2, 0.25) is 5.02 Å². The molecular weight excluding hydrogens is 424 g/mol. The molecule has 0 spiro atoms. The first-order chi connectivity index (χ1) is 14.2. The van der Waals surface area contributed by atoms with Crippen LogP contribution in [-0.4, -0.2) is 28.5 Å². The lowest BCUT2D eigenvalue weighted by Gasteiger charge is -2.24. The number of thiophene rings is 1. The molecule has 0 bridgehead atoms. The van der Waals surface area contributed by atoms with E-state index in [1.807, 2.05) is 35.6 Å². The molecule has 3 aromatic rings. The van der Waals surface area contributed by atoms with Crippen LogP contribution in [0.3, 0.4) is 0 Å². The van der Waals surface area contributed by atoms with E-state index in [1.54, 1.807) is 11.8 Å². The van der Waals surface area contributed by atoms with Crippen LogP contribution >= 0.6 is 34.7 Å². The minimum absolute atomic E-state index is 0.132. The van der Waals surface area contributed by atoms with Crippen molar-refractivity contribution in [2.75, 3.05) is 11.9 Å². The summed E-state index contributed by atoms with van der Waals surface area (Å²) in [5.74, 6) is 2.60. The van der Waals surface area contributed by atoms with Crippen molar-refractivity contribution in [1.29, 1.82) is 0 Å². The molecular formula is C21H21ClN4OS2. The van der Waals surface area contributed by atoms with Gasteiger partial charge in [-0.25, -0.2) is 9.97 Å². The summed E-state index contributed by atoms with van der Waals surface area (Å²) in [6.07, 6.45) is 4.85. The van der Waals surface area contributed by atoms with E-state index in [9.17, 15) is 4.79 Å². The summed E-state index contributed by atoms with van der Waals surface area (Å²) in [5.41, 5.74) is 1.42. The largest absolute Gasteiger partial charge is 0.365 e. The van der Waals surface area contributed by atoms with Gasteiger partial charge in [0, 0.05) is 33.8 Å². The molecule has 5 rings (SSSR count). The SMILES string of the molecule is O=C1CCC(Nc2nc(CSc3ccc(Cl)cc3)nc3sc4c(c23)CCC4)CN1.